The topological polar surface area (TPSA) is 43.1 Å². The fraction of sp³-hybridized carbons (Fsp3) is 0.143. The first kappa shape index (κ1) is 12.9. The van der Waals surface area contributed by atoms with Crippen molar-refractivity contribution in [3.8, 4) is 0 Å². The van der Waals surface area contributed by atoms with Gasteiger partial charge in [-0.05, 0) is 35.4 Å². The van der Waals surface area contributed by atoms with Crippen LogP contribution in [0, 0.1) is 5.82 Å². The molecule has 94 valence electrons. The van der Waals surface area contributed by atoms with Gasteiger partial charge in [0.1, 0.15) is 5.82 Å². The van der Waals surface area contributed by atoms with E-state index in [1.165, 1.54) is 12.1 Å². The molecule has 2 rings (SSSR count). The molecule has 4 heteroatoms. The van der Waals surface area contributed by atoms with Gasteiger partial charge >= 0.3 is 0 Å². The summed E-state index contributed by atoms with van der Waals surface area (Å²) >= 11 is 0. The molecule has 0 amide bonds. The molecule has 0 saturated heterocycles. The van der Waals surface area contributed by atoms with Crippen LogP contribution in [0.1, 0.15) is 11.1 Å². The van der Waals surface area contributed by atoms with Crippen molar-refractivity contribution in [3.63, 3.8) is 0 Å². The zero-order valence-corrected chi connectivity index (χ0v) is 10.6. The zero-order valence-electron chi connectivity index (χ0n) is 9.80. The molecule has 18 heavy (non-hydrogen) atoms. The van der Waals surface area contributed by atoms with E-state index in [4.69, 9.17) is 5.73 Å². The number of nitrogens with two attached hydrogens (primary N) is 1. The van der Waals surface area contributed by atoms with Gasteiger partial charge in [-0.25, -0.2) is 4.39 Å². The molecule has 2 N–H and O–H groups in total. The zero-order chi connectivity index (χ0) is 13.0. The van der Waals surface area contributed by atoms with Gasteiger partial charge < -0.3 is 5.73 Å². The molecule has 0 heterocycles. The largest absolute Gasteiger partial charge is 0.326 e. The first-order valence-corrected chi connectivity index (χ1v) is 6.93. The quantitative estimate of drug-likeness (QED) is 0.921. The lowest BCUT2D eigenvalue weighted by Crippen LogP contribution is -2.04. The van der Waals surface area contributed by atoms with Crippen LogP contribution in [0.4, 0.5) is 4.39 Å². The molecular formula is C14H14FNOS. The number of benzene rings is 2. The van der Waals surface area contributed by atoms with Gasteiger partial charge in [-0.15, -0.1) is 0 Å². The van der Waals surface area contributed by atoms with Gasteiger partial charge in [-0.2, -0.15) is 0 Å². The van der Waals surface area contributed by atoms with Gasteiger partial charge in [-0.1, -0.05) is 24.3 Å². The van der Waals surface area contributed by atoms with Gasteiger partial charge in [0, 0.05) is 11.4 Å². The standard InChI is InChI=1S/C14H14FNOS/c15-13-5-7-14(8-6-13)18(17)10-12-4-2-1-3-11(12)9-16/h1-8H,9-10,16H2. The molecule has 0 saturated carbocycles. The molecule has 0 fully saturated rings. The van der Waals surface area contributed by atoms with Crippen LogP contribution in [-0.4, -0.2) is 4.21 Å². The van der Waals surface area contributed by atoms with Gasteiger partial charge in [0.2, 0.25) is 0 Å². The maximum atomic E-state index is 12.8. The molecule has 1 atom stereocenters. The van der Waals surface area contributed by atoms with Crippen LogP contribution < -0.4 is 5.73 Å². The minimum absolute atomic E-state index is 0.321. The van der Waals surface area contributed by atoms with Crippen LogP contribution in [0.3, 0.4) is 0 Å². The fourth-order valence-electron chi connectivity index (χ4n) is 1.71. The van der Waals surface area contributed by atoms with Crippen LogP contribution in [0.25, 0.3) is 0 Å². The van der Waals surface area contributed by atoms with Crippen molar-refractivity contribution in [3.05, 3.63) is 65.5 Å². The molecular weight excluding hydrogens is 249 g/mol. The highest BCUT2D eigenvalue weighted by Crippen LogP contribution is 2.16. The molecule has 0 aliphatic heterocycles. The highest BCUT2D eigenvalue weighted by molar-refractivity contribution is 7.84. The van der Waals surface area contributed by atoms with E-state index in [-0.39, 0.29) is 5.82 Å². The third-order valence-corrected chi connectivity index (χ3v) is 4.07. The fourth-order valence-corrected chi connectivity index (χ4v) is 2.88. The SMILES string of the molecule is NCc1ccccc1CS(=O)c1ccc(F)cc1. The van der Waals surface area contributed by atoms with E-state index in [0.717, 1.165) is 11.1 Å². The summed E-state index contributed by atoms with van der Waals surface area (Å²) in [6, 6.07) is 13.4. The van der Waals surface area contributed by atoms with E-state index in [1.54, 1.807) is 12.1 Å². The van der Waals surface area contributed by atoms with E-state index in [9.17, 15) is 8.60 Å². The maximum Gasteiger partial charge on any atom is 0.123 e. The molecule has 0 aliphatic rings. The van der Waals surface area contributed by atoms with E-state index < -0.39 is 10.8 Å². The van der Waals surface area contributed by atoms with E-state index in [0.29, 0.717) is 17.2 Å². The summed E-state index contributed by atoms with van der Waals surface area (Å²) in [6.45, 7) is 0.427. The van der Waals surface area contributed by atoms with Crippen LogP contribution in [0.5, 0.6) is 0 Å². The van der Waals surface area contributed by atoms with Gasteiger partial charge in [0.25, 0.3) is 0 Å². The average molecular weight is 263 g/mol. The Labute approximate surface area is 108 Å². The summed E-state index contributed by atoms with van der Waals surface area (Å²) in [5.74, 6) is 0.0806. The smallest absolute Gasteiger partial charge is 0.123 e. The molecule has 0 aliphatic carbocycles. The van der Waals surface area contributed by atoms with Crippen molar-refractivity contribution in [2.75, 3.05) is 0 Å². The minimum Gasteiger partial charge on any atom is -0.326 e. The van der Waals surface area contributed by atoms with Crippen molar-refractivity contribution in [2.45, 2.75) is 17.2 Å². The monoisotopic (exact) mass is 263 g/mol. The molecule has 0 spiro atoms. The Bertz CT molecular complexity index is 554. The Balaban J connectivity index is 2.18. The lowest BCUT2D eigenvalue weighted by molar-refractivity contribution is 0.626. The van der Waals surface area contributed by atoms with Gasteiger partial charge in [-0.3, -0.25) is 4.21 Å². The van der Waals surface area contributed by atoms with Crippen molar-refractivity contribution in [1.29, 1.82) is 0 Å². The van der Waals surface area contributed by atoms with Gasteiger partial charge in [0.15, 0.2) is 0 Å². The van der Waals surface area contributed by atoms with E-state index in [1.807, 2.05) is 24.3 Å². The number of halogens is 1. The molecule has 0 aromatic heterocycles. The Morgan fingerprint density at radius 1 is 1.00 bits per heavy atom. The van der Waals surface area contributed by atoms with E-state index >= 15 is 0 Å². The van der Waals surface area contributed by atoms with Crippen LogP contribution in [0.15, 0.2) is 53.4 Å². The van der Waals surface area contributed by atoms with E-state index in [2.05, 4.69) is 0 Å². The third-order valence-electron chi connectivity index (χ3n) is 2.70. The molecule has 2 aromatic rings. The predicted molar refractivity (Wildman–Crippen MR) is 70.8 cm³/mol. The Hall–Kier alpha value is -1.52. The highest BCUT2D eigenvalue weighted by atomic mass is 32.2. The average Bonchev–Trinajstić information content (AvgIpc) is 2.40. The van der Waals surface area contributed by atoms with Crippen molar-refractivity contribution in [1.82, 2.24) is 0 Å². The Morgan fingerprint density at radius 2 is 1.61 bits per heavy atom. The second-order valence-electron chi connectivity index (χ2n) is 3.92. The summed E-state index contributed by atoms with van der Waals surface area (Å²) in [5, 5.41) is 0. The Kier molecular flexibility index (Phi) is 4.23. The lowest BCUT2D eigenvalue weighted by atomic mass is 10.1. The second kappa shape index (κ2) is 5.89. The second-order valence-corrected chi connectivity index (χ2v) is 5.37. The van der Waals surface area contributed by atoms with Crippen molar-refractivity contribution < 1.29 is 8.60 Å². The normalized spacial score (nSPS) is 12.3. The first-order valence-electron chi connectivity index (χ1n) is 5.61. The summed E-state index contributed by atoms with van der Waals surface area (Å²) in [5.41, 5.74) is 7.60. The number of hydrogen-bond donors (Lipinski definition) is 1. The number of hydrogen-bond acceptors (Lipinski definition) is 2. The number of rotatable bonds is 4. The van der Waals surface area contributed by atoms with Crippen molar-refractivity contribution in [2.24, 2.45) is 5.73 Å². The molecule has 1 unspecified atom stereocenters. The summed E-state index contributed by atoms with van der Waals surface area (Å²) in [7, 11) is -1.18. The minimum atomic E-state index is -1.18. The molecule has 0 bridgehead atoms. The Morgan fingerprint density at radius 3 is 2.22 bits per heavy atom. The van der Waals surface area contributed by atoms with Crippen LogP contribution >= 0.6 is 0 Å². The van der Waals surface area contributed by atoms with Gasteiger partial charge in [0.05, 0.1) is 16.6 Å². The first-order chi connectivity index (χ1) is 8.70. The van der Waals surface area contributed by atoms with Crippen LogP contribution in [-0.2, 0) is 23.1 Å². The highest BCUT2D eigenvalue weighted by Gasteiger charge is 2.08. The molecule has 2 nitrogen and oxygen atoms in total. The summed E-state index contributed by atoms with van der Waals surface area (Å²) < 4.78 is 24.9. The van der Waals surface area contributed by atoms with Crippen LogP contribution in [0.2, 0.25) is 0 Å². The molecule has 0 radical (unpaired) electrons. The third kappa shape index (κ3) is 3.03. The maximum absolute atomic E-state index is 12.8. The lowest BCUT2D eigenvalue weighted by Gasteiger charge is -2.07. The van der Waals surface area contributed by atoms with Crippen molar-refractivity contribution >= 4 is 10.8 Å². The summed E-state index contributed by atoms with van der Waals surface area (Å²) in [4.78, 5) is 0.628. The predicted octanol–water partition coefficient (Wildman–Crippen LogP) is 2.59. The summed E-state index contributed by atoms with van der Waals surface area (Å²) in [6.07, 6.45) is 0. The molecule has 2 aromatic carbocycles.